The van der Waals surface area contributed by atoms with Crippen molar-refractivity contribution in [3.63, 3.8) is 0 Å². The zero-order valence-electron chi connectivity index (χ0n) is 17.8. The van der Waals surface area contributed by atoms with E-state index in [9.17, 15) is 8.42 Å². The van der Waals surface area contributed by atoms with E-state index in [1.54, 1.807) is 18.5 Å². The zero-order chi connectivity index (χ0) is 21.6. The van der Waals surface area contributed by atoms with Crippen molar-refractivity contribution in [2.45, 2.75) is 56.5 Å². The fourth-order valence-electron chi connectivity index (χ4n) is 3.68. The minimum absolute atomic E-state index is 0.101. The highest BCUT2D eigenvalue weighted by Crippen LogP contribution is 2.25. The van der Waals surface area contributed by atoms with E-state index < -0.39 is 10.0 Å². The summed E-state index contributed by atoms with van der Waals surface area (Å²) in [5.74, 6) is 2.35. The Morgan fingerprint density at radius 3 is 2.77 bits per heavy atom. The van der Waals surface area contributed by atoms with Gasteiger partial charge in [-0.3, -0.25) is 0 Å². The summed E-state index contributed by atoms with van der Waals surface area (Å²) in [6, 6.07) is 5.43. The summed E-state index contributed by atoms with van der Waals surface area (Å²) in [6.45, 7) is 5.54. The molecular weight excluding hydrogens is 402 g/mol. The lowest BCUT2D eigenvalue weighted by Gasteiger charge is -2.26. The van der Waals surface area contributed by atoms with Gasteiger partial charge in [-0.1, -0.05) is 13.3 Å². The molecule has 0 aromatic carbocycles. The first-order chi connectivity index (χ1) is 14.4. The molecule has 3 N–H and O–H groups in total. The standard InChI is InChI=1S/C20H31N7O2S/c1-4-6-15(2)26-30(28,29)17-8-9-18(23-13-17)22-12-16-7-5-10-27(16)20-11-19(21-3)24-14-25-20/h8-9,11,13-16,26H,4-7,10,12H2,1-3H3,(H,22,23)(H,21,24,25). The zero-order valence-corrected chi connectivity index (χ0v) is 18.6. The van der Waals surface area contributed by atoms with Crippen molar-refractivity contribution in [2.75, 3.05) is 35.7 Å². The minimum Gasteiger partial charge on any atom is -0.373 e. The van der Waals surface area contributed by atoms with E-state index >= 15 is 0 Å². The SMILES string of the molecule is CCCC(C)NS(=O)(=O)c1ccc(NCC2CCCN2c2cc(NC)ncn2)nc1. The van der Waals surface area contributed by atoms with Crippen molar-refractivity contribution in [2.24, 2.45) is 0 Å². The van der Waals surface area contributed by atoms with Gasteiger partial charge >= 0.3 is 0 Å². The Bertz CT molecular complexity index is 921. The summed E-state index contributed by atoms with van der Waals surface area (Å²) in [5, 5.41) is 6.37. The van der Waals surface area contributed by atoms with E-state index in [1.165, 1.54) is 6.20 Å². The molecule has 1 fully saturated rings. The van der Waals surface area contributed by atoms with Crippen LogP contribution in [0.5, 0.6) is 0 Å². The quantitative estimate of drug-likeness (QED) is 0.524. The highest BCUT2D eigenvalue weighted by molar-refractivity contribution is 7.89. The van der Waals surface area contributed by atoms with Gasteiger partial charge in [-0.25, -0.2) is 28.1 Å². The summed E-state index contributed by atoms with van der Waals surface area (Å²) in [5.41, 5.74) is 0. The summed E-state index contributed by atoms with van der Waals surface area (Å²) < 4.78 is 27.6. The number of pyridine rings is 1. The van der Waals surface area contributed by atoms with Crippen LogP contribution in [0.4, 0.5) is 17.5 Å². The summed E-state index contributed by atoms with van der Waals surface area (Å²) in [6.07, 6.45) is 6.84. The van der Waals surface area contributed by atoms with Crippen molar-refractivity contribution in [1.29, 1.82) is 0 Å². The van der Waals surface area contributed by atoms with Crippen LogP contribution < -0.4 is 20.3 Å². The number of sulfonamides is 1. The molecule has 2 unspecified atom stereocenters. The van der Waals surface area contributed by atoms with Crippen LogP contribution in [0.15, 0.2) is 35.6 Å². The van der Waals surface area contributed by atoms with Crippen LogP contribution in [0.1, 0.15) is 39.5 Å². The van der Waals surface area contributed by atoms with Crippen LogP contribution in [0.25, 0.3) is 0 Å². The molecule has 0 saturated carbocycles. The molecule has 1 aliphatic rings. The number of hydrogen-bond acceptors (Lipinski definition) is 8. The molecule has 164 valence electrons. The molecule has 0 amide bonds. The van der Waals surface area contributed by atoms with Crippen LogP contribution in [0.3, 0.4) is 0 Å². The van der Waals surface area contributed by atoms with Gasteiger partial charge in [0, 0.05) is 44.5 Å². The largest absolute Gasteiger partial charge is 0.373 e. The number of aromatic nitrogens is 3. The summed E-state index contributed by atoms with van der Waals surface area (Å²) in [7, 11) is -1.71. The lowest BCUT2D eigenvalue weighted by molar-refractivity contribution is 0.543. The molecule has 3 rings (SSSR count). The average molecular weight is 434 g/mol. The van der Waals surface area contributed by atoms with Crippen molar-refractivity contribution < 1.29 is 8.42 Å². The molecular formula is C20H31N7O2S. The van der Waals surface area contributed by atoms with E-state index in [0.29, 0.717) is 12.4 Å². The van der Waals surface area contributed by atoms with Crippen LogP contribution >= 0.6 is 0 Å². The van der Waals surface area contributed by atoms with Crippen molar-refractivity contribution in [3.05, 3.63) is 30.7 Å². The third kappa shape index (κ3) is 5.57. The molecule has 1 saturated heterocycles. The molecule has 10 heteroatoms. The second-order valence-electron chi connectivity index (χ2n) is 7.57. The number of nitrogens with zero attached hydrogens (tertiary/aromatic N) is 4. The lowest BCUT2D eigenvalue weighted by atomic mass is 10.2. The van der Waals surface area contributed by atoms with Gasteiger partial charge in [-0.15, -0.1) is 0 Å². The molecule has 2 aromatic rings. The van der Waals surface area contributed by atoms with E-state index in [0.717, 1.165) is 43.9 Å². The highest BCUT2D eigenvalue weighted by atomic mass is 32.2. The van der Waals surface area contributed by atoms with Crippen LogP contribution in [-0.4, -0.2) is 55.6 Å². The maximum atomic E-state index is 12.5. The predicted octanol–water partition coefficient (Wildman–Crippen LogP) is 2.46. The molecule has 30 heavy (non-hydrogen) atoms. The average Bonchev–Trinajstić information content (AvgIpc) is 3.21. The molecule has 2 atom stereocenters. The Morgan fingerprint density at radius 2 is 2.07 bits per heavy atom. The third-order valence-corrected chi connectivity index (χ3v) is 6.80. The van der Waals surface area contributed by atoms with Crippen molar-refractivity contribution in [1.82, 2.24) is 19.7 Å². The predicted molar refractivity (Wildman–Crippen MR) is 119 cm³/mol. The van der Waals surface area contributed by atoms with Gasteiger partial charge in [-0.05, 0) is 38.3 Å². The number of nitrogens with one attached hydrogen (secondary N) is 3. The Morgan fingerprint density at radius 1 is 1.23 bits per heavy atom. The molecule has 0 aliphatic carbocycles. The summed E-state index contributed by atoms with van der Waals surface area (Å²) in [4.78, 5) is 15.3. The molecule has 0 spiro atoms. The first-order valence-corrected chi connectivity index (χ1v) is 11.9. The van der Waals surface area contributed by atoms with Gasteiger partial charge in [0.05, 0.1) is 0 Å². The number of anilines is 3. The fourth-order valence-corrected chi connectivity index (χ4v) is 4.90. The van der Waals surface area contributed by atoms with E-state index in [-0.39, 0.29) is 17.0 Å². The van der Waals surface area contributed by atoms with E-state index in [2.05, 4.69) is 35.2 Å². The fraction of sp³-hybridized carbons (Fsp3) is 0.550. The van der Waals surface area contributed by atoms with Gasteiger partial charge in [-0.2, -0.15) is 0 Å². The molecule has 1 aliphatic heterocycles. The van der Waals surface area contributed by atoms with Crippen molar-refractivity contribution >= 4 is 27.5 Å². The number of rotatable bonds is 10. The lowest BCUT2D eigenvalue weighted by Crippen LogP contribution is -2.35. The Hall–Kier alpha value is -2.46. The van der Waals surface area contributed by atoms with E-state index in [1.807, 2.05) is 27.0 Å². The van der Waals surface area contributed by atoms with Gasteiger partial charge in [0.2, 0.25) is 10.0 Å². The second kappa shape index (κ2) is 10.0. The van der Waals surface area contributed by atoms with Crippen molar-refractivity contribution in [3.8, 4) is 0 Å². The molecule has 0 bridgehead atoms. The summed E-state index contributed by atoms with van der Waals surface area (Å²) >= 11 is 0. The van der Waals surface area contributed by atoms with Gasteiger partial charge < -0.3 is 15.5 Å². The molecule has 3 heterocycles. The highest BCUT2D eigenvalue weighted by Gasteiger charge is 2.26. The first kappa shape index (κ1) is 22.2. The normalized spacial score (nSPS) is 17.7. The maximum Gasteiger partial charge on any atom is 0.242 e. The maximum absolute atomic E-state index is 12.5. The monoisotopic (exact) mass is 433 g/mol. The number of hydrogen-bond donors (Lipinski definition) is 3. The van der Waals surface area contributed by atoms with Gasteiger partial charge in [0.1, 0.15) is 28.7 Å². The first-order valence-electron chi connectivity index (χ1n) is 10.4. The van der Waals surface area contributed by atoms with Gasteiger partial charge in [0.15, 0.2) is 0 Å². The smallest absolute Gasteiger partial charge is 0.242 e. The topological polar surface area (TPSA) is 112 Å². The van der Waals surface area contributed by atoms with Crippen LogP contribution in [0, 0.1) is 0 Å². The Kier molecular flexibility index (Phi) is 7.43. The minimum atomic E-state index is -3.55. The van der Waals surface area contributed by atoms with Crippen LogP contribution in [0.2, 0.25) is 0 Å². The van der Waals surface area contributed by atoms with Crippen LogP contribution in [-0.2, 0) is 10.0 Å². The molecule has 9 nitrogen and oxygen atoms in total. The third-order valence-electron chi connectivity index (χ3n) is 5.22. The molecule has 2 aromatic heterocycles. The molecule has 0 radical (unpaired) electrons. The Labute approximate surface area is 178 Å². The van der Waals surface area contributed by atoms with Gasteiger partial charge in [0.25, 0.3) is 0 Å². The second-order valence-corrected chi connectivity index (χ2v) is 9.29. The Balaban J connectivity index is 1.60. The van der Waals surface area contributed by atoms with E-state index in [4.69, 9.17) is 0 Å².